The first kappa shape index (κ1) is 15.5. The van der Waals surface area contributed by atoms with Crippen molar-refractivity contribution in [1.29, 1.82) is 0 Å². The maximum atomic E-state index is 12.2. The highest BCUT2D eigenvalue weighted by atomic mass is 32.1. The average Bonchev–Trinajstić information content (AvgIpc) is 2.77. The third-order valence-corrected chi connectivity index (χ3v) is 5.24. The summed E-state index contributed by atoms with van der Waals surface area (Å²) in [6, 6.07) is 2.86. The fourth-order valence-electron chi connectivity index (χ4n) is 2.94. The smallest absolute Gasteiger partial charge is 0.222 e. The number of carbonyl (C=O) groups excluding carboxylic acids is 1. The molecule has 20 heavy (non-hydrogen) atoms. The van der Waals surface area contributed by atoms with E-state index in [1.54, 1.807) is 0 Å². The van der Waals surface area contributed by atoms with Gasteiger partial charge in [-0.25, -0.2) is 0 Å². The van der Waals surface area contributed by atoms with Crippen LogP contribution >= 0.6 is 11.3 Å². The molecule has 2 rings (SSSR count). The van der Waals surface area contributed by atoms with Crippen LogP contribution in [0.2, 0.25) is 0 Å². The number of carbonyl (C=O) groups is 1. The van der Waals surface area contributed by atoms with Gasteiger partial charge in [-0.1, -0.05) is 0 Å². The number of rotatable bonds is 5. The maximum Gasteiger partial charge on any atom is 0.222 e. The summed E-state index contributed by atoms with van der Waals surface area (Å²) in [6.45, 7) is 6.16. The average molecular weight is 294 g/mol. The Hall–Kier alpha value is -0.870. The van der Waals surface area contributed by atoms with E-state index in [-0.39, 0.29) is 0 Å². The third kappa shape index (κ3) is 4.06. The Morgan fingerprint density at radius 1 is 1.40 bits per heavy atom. The third-order valence-electron chi connectivity index (χ3n) is 4.24. The molecular weight excluding hydrogens is 268 g/mol. The predicted octanol–water partition coefficient (Wildman–Crippen LogP) is 2.90. The van der Waals surface area contributed by atoms with Gasteiger partial charge in [0.25, 0.3) is 0 Å². The number of thiophene rings is 1. The first-order valence-electron chi connectivity index (χ1n) is 7.61. The van der Waals surface area contributed by atoms with E-state index in [0.717, 1.165) is 38.8 Å². The molecule has 1 saturated heterocycles. The molecule has 0 radical (unpaired) electrons. The molecule has 112 valence electrons. The molecule has 1 N–H and O–H groups in total. The lowest BCUT2D eigenvalue weighted by molar-refractivity contribution is -0.132. The second-order valence-corrected chi connectivity index (χ2v) is 7.20. The summed E-state index contributed by atoms with van der Waals surface area (Å²) in [5, 5.41) is 3.30. The molecule has 1 aromatic rings. The number of hydrogen-bond donors (Lipinski definition) is 1. The zero-order valence-electron chi connectivity index (χ0n) is 12.9. The number of likely N-dealkylation sites (tertiary alicyclic amines) is 1. The van der Waals surface area contributed by atoms with Crippen LogP contribution in [-0.2, 0) is 11.2 Å². The number of nitrogens with one attached hydrogen (secondary N) is 1. The van der Waals surface area contributed by atoms with Crippen LogP contribution in [0.1, 0.15) is 41.0 Å². The minimum Gasteiger partial charge on any atom is -0.343 e. The topological polar surface area (TPSA) is 32.3 Å². The van der Waals surface area contributed by atoms with Crippen molar-refractivity contribution in [3.05, 3.63) is 21.4 Å². The Balaban J connectivity index is 1.72. The summed E-state index contributed by atoms with van der Waals surface area (Å²) in [5.74, 6) is 0.337. The second kappa shape index (κ2) is 7.23. The quantitative estimate of drug-likeness (QED) is 0.905. The Morgan fingerprint density at radius 3 is 2.65 bits per heavy atom. The fourth-order valence-corrected chi connectivity index (χ4v) is 3.91. The highest BCUT2D eigenvalue weighted by molar-refractivity contribution is 7.12. The van der Waals surface area contributed by atoms with E-state index in [9.17, 15) is 4.79 Å². The molecule has 3 nitrogen and oxygen atoms in total. The van der Waals surface area contributed by atoms with Crippen LogP contribution in [0.4, 0.5) is 0 Å². The largest absolute Gasteiger partial charge is 0.343 e. The molecular formula is C16H26N2OS. The summed E-state index contributed by atoms with van der Waals surface area (Å²) in [5.41, 5.74) is 1.43. The van der Waals surface area contributed by atoms with Crippen LogP contribution in [0, 0.1) is 13.8 Å². The van der Waals surface area contributed by atoms with Crippen LogP contribution in [0.5, 0.6) is 0 Å². The molecule has 4 heteroatoms. The zero-order valence-corrected chi connectivity index (χ0v) is 13.7. The number of nitrogens with zero attached hydrogens (tertiary/aromatic N) is 1. The summed E-state index contributed by atoms with van der Waals surface area (Å²) in [6.07, 6.45) is 4.88. The van der Waals surface area contributed by atoms with Crippen molar-refractivity contribution in [1.82, 2.24) is 10.2 Å². The van der Waals surface area contributed by atoms with Crippen molar-refractivity contribution in [2.45, 2.75) is 52.0 Å². The van der Waals surface area contributed by atoms with Gasteiger partial charge in [0.1, 0.15) is 0 Å². The second-order valence-electron chi connectivity index (χ2n) is 5.74. The Morgan fingerprint density at radius 2 is 2.10 bits per heavy atom. The number of amides is 1. The highest BCUT2D eigenvalue weighted by Gasteiger charge is 2.21. The van der Waals surface area contributed by atoms with Gasteiger partial charge in [0.2, 0.25) is 5.91 Å². The number of aryl methyl sites for hydroxylation is 3. The van der Waals surface area contributed by atoms with Gasteiger partial charge in [-0.05, 0) is 58.2 Å². The molecule has 1 fully saturated rings. The van der Waals surface area contributed by atoms with E-state index >= 15 is 0 Å². The van der Waals surface area contributed by atoms with Gasteiger partial charge in [0, 0.05) is 35.3 Å². The Bertz CT molecular complexity index is 447. The van der Waals surface area contributed by atoms with Crippen LogP contribution < -0.4 is 5.32 Å². The summed E-state index contributed by atoms with van der Waals surface area (Å²) >= 11 is 1.86. The summed E-state index contributed by atoms with van der Waals surface area (Å²) in [4.78, 5) is 17.0. The van der Waals surface area contributed by atoms with Gasteiger partial charge < -0.3 is 10.2 Å². The lowest BCUT2D eigenvalue weighted by Crippen LogP contribution is -2.43. The van der Waals surface area contributed by atoms with E-state index in [0.29, 0.717) is 18.4 Å². The van der Waals surface area contributed by atoms with E-state index in [1.165, 1.54) is 15.3 Å². The molecule has 2 heterocycles. The van der Waals surface area contributed by atoms with E-state index in [4.69, 9.17) is 0 Å². The van der Waals surface area contributed by atoms with Crippen molar-refractivity contribution in [2.75, 3.05) is 20.1 Å². The molecule has 1 aliphatic heterocycles. The summed E-state index contributed by atoms with van der Waals surface area (Å²) in [7, 11) is 2.01. The maximum absolute atomic E-state index is 12.2. The molecule has 0 aliphatic carbocycles. The monoisotopic (exact) mass is 294 g/mol. The van der Waals surface area contributed by atoms with Crippen LogP contribution in [0.25, 0.3) is 0 Å². The van der Waals surface area contributed by atoms with Crippen LogP contribution in [-0.4, -0.2) is 37.0 Å². The molecule has 0 bridgehead atoms. The van der Waals surface area contributed by atoms with Crippen LogP contribution in [0.15, 0.2) is 6.07 Å². The highest BCUT2D eigenvalue weighted by Crippen LogP contribution is 2.22. The van der Waals surface area contributed by atoms with Gasteiger partial charge in [-0.15, -0.1) is 11.3 Å². The SMILES string of the molecule is CNC1CCN(C(=O)CCCc2cc(C)sc2C)CC1. The van der Waals surface area contributed by atoms with E-state index in [2.05, 4.69) is 25.2 Å². The normalized spacial score (nSPS) is 16.6. The minimum absolute atomic E-state index is 0.337. The standard InChI is InChI=1S/C16H26N2OS/c1-12-11-14(13(2)20-12)5-4-6-16(19)18-9-7-15(17-3)8-10-18/h11,15,17H,4-10H2,1-3H3. The fraction of sp³-hybridized carbons (Fsp3) is 0.688. The van der Waals surface area contributed by atoms with Crippen molar-refractivity contribution in [2.24, 2.45) is 0 Å². The molecule has 0 saturated carbocycles. The lowest BCUT2D eigenvalue weighted by Gasteiger charge is -2.31. The summed E-state index contributed by atoms with van der Waals surface area (Å²) < 4.78 is 0. The molecule has 0 unspecified atom stereocenters. The van der Waals surface area contributed by atoms with E-state index in [1.807, 2.05) is 23.3 Å². The first-order valence-corrected chi connectivity index (χ1v) is 8.42. The van der Waals surface area contributed by atoms with Crippen molar-refractivity contribution < 1.29 is 4.79 Å². The number of piperidine rings is 1. The first-order chi connectivity index (χ1) is 9.60. The van der Waals surface area contributed by atoms with Gasteiger partial charge >= 0.3 is 0 Å². The van der Waals surface area contributed by atoms with Crippen molar-refractivity contribution in [3.8, 4) is 0 Å². The molecule has 1 amide bonds. The predicted molar refractivity (Wildman–Crippen MR) is 85.4 cm³/mol. The minimum atomic E-state index is 0.337. The van der Waals surface area contributed by atoms with Gasteiger partial charge in [0.05, 0.1) is 0 Å². The van der Waals surface area contributed by atoms with Crippen molar-refractivity contribution >= 4 is 17.2 Å². The molecule has 0 spiro atoms. The molecule has 1 aliphatic rings. The Kier molecular flexibility index (Phi) is 5.61. The van der Waals surface area contributed by atoms with E-state index < -0.39 is 0 Å². The molecule has 0 aromatic carbocycles. The van der Waals surface area contributed by atoms with Crippen molar-refractivity contribution in [3.63, 3.8) is 0 Å². The molecule has 0 atom stereocenters. The van der Waals surface area contributed by atoms with Gasteiger partial charge in [0.15, 0.2) is 0 Å². The zero-order chi connectivity index (χ0) is 14.5. The van der Waals surface area contributed by atoms with Crippen LogP contribution in [0.3, 0.4) is 0 Å². The number of hydrogen-bond acceptors (Lipinski definition) is 3. The lowest BCUT2D eigenvalue weighted by atomic mass is 10.0. The van der Waals surface area contributed by atoms with Gasteiger partial charge in [-0.2, -0.15) is 0 Å². The van der Waals surface area contributed by atoms with Gasteiger partial charge in [-0.3, -0.25) is 4.79 Å². The molecule has 1 aromatic heterocycles. The Labute approximate surface area is 126 Å².